The van der Waals surface area contributed by atoms with Gasteiger partial charge in [0.05, 0.1) is 28.9 Å². The number of fused-ring (bicyclic) bond motifs is 1. The average molecular weight is 436 g/mol. The van der Waals surface area contributed by atoms with Gasteiger partial charge in [0, 0.05) is 36.7 Å². The number of ether oxygens (including phenoxy) is 1. The van der Waals surface area contributed by atoms with Crippen LogP contribution in [0.3, 0.4) is 0 Å². The Morgan fingerprint density at radius 3 is 2.74 bits per heavy atom. The topological polar surface area (TPSA) is 78.5 Å². The van der Waals surface area contributed by atoms with Gasteiger partial charge in [0.1, 0.15) is 11.5 Å². The number of nitrogens with zero attached hydrogens (tertiary/aromatic N) is 2. The molecular weight excluding hydrogens is 414 g/mol. The number of hydrogen-bond acceptors (Lipinski definition) is 4. The summed E-state index contributed by atoms with van der Waals surface area (Å²) >= 11 is 6.09. The predicted molar refractivity (Wildman–Crippen MR) is 122 cm³/mol. The van der Waals surface area contributed by atoms with Gasteiger partial charge in [-0.1, -0.05) is 41.4 Å². The fraction of sp³-hybridized carbons (Fsp3) is 0.167. The summed E-state index contributed by atoms with van der Waals surface area (Å²) in [7, 11) is 3.15. The molecule has 2 N–H and O–H groups in total. The lowest BCUT2D eigenvalue weighted by Crippen LogP contribution is -2.26. The van der Waals surface area contributed by atoms with E-state index >= 15 is 0 Å². The zero-order valence-corrected chi connectivity index (χ0v) is 18.2. The van der Waals surface area contributed by atoms with Crippen molar-refractivity contribution in [3.63, 3.8) is 0 Å². The lowest BCUT2D eigenvalue weighted by atomic mass is 10.0. The lowest BCUT2D eigenvalue weighted by Gasteiger charge is -2.19. The van der Waals surface area contributed by atoms with Crippen molar-refractivity contribution in [2.24, 2.45) is 0 Å². The average Bonchev–Trinajstić information content (AvgIpc) is 3.13. The van der Waals surface area contributed by atoms with Crippen LogP contribution in [0.1, 0.15) is 27.2 Å². The number of nitrogens with one attached hydrogen (secondary N) is 1. The zero-order valence-electron chi connectivity index (χ0n) is 17.4. The normalized spacial score (nSPS) is 11.0. The van der Waals surface area contributed by atoms with Crippen molar-refractivity contribution in [1.29, 1.82) is 0 Å². The Morgan fingerprint density at radius 1 is 1.19 bits per heavy atom. The second-order valence-electron chi connectivity index (χ2n) is 7.43. The largest absolute Gasteiger partial charge is 0.507 e. The van der Waals surface area contributed by atoms with Crippen molar-refractivity contribution in [1.82, 2.24) is 10.2 Å². The zero-order chi connectivity index (χ0) is 22.1. The Hall–Kier alpha value is -3.51. The highest BCUT2D eigenvalue weighted by Crippen LogP contribution is 2.32. The van der Waals surface area contributed by atoms with Crippen LogP contribution in [-0.4, -0.2) is 35.4 Å². The first-order valence-electron chi connectivity index (χ1n) is 9.74. The first kappa shape index (κ1) is 20.8. The molecule has 0 saturated carbocycles. The number of H-pyrrole nitrogens is 1. The summed E-state index contributed by atoms with van der Waals surface area (Å²) in [5.41, 5.74) is 4.57. The van der Waals surface area contributed by atoms with E-state index in [4.69, 9.17) is 16.3 Å². The molecule has 31 heavy (non-hydrogen) atoms. The van der Waals surface area contributed by atoms with Gasteiger partial charge in [-0.15, -0.1) is 0 Å². The van der Waals surface area contributed by atoms with Crippen LogP contribution in [-0.2, 0) is 6.42 Å². The number of phenols is 1. The molecule has 0 atom stereocenters. The molecule has 158 valence electrons. The van der Waals surface area contributed by atoms with E-state index in [0.717, 1.165) is 16.6 Å². The molecular formula is C24H22ClN3O3. The fourth-order valence-electron chi connectivity index (χ4n) is 3.58. The molecule has 4 rings (SSSR count). The van der Waals surface area contributed by atoms with Crippen molar-refractivity contribution >= 4 is 34.1 Å². The van der Waals surface area contributed by atoms with E-state index in [0.29, 0.717) is 28.4 Å². The molecule has 0 bridgehead atoms. The number of carbonyl (C=O) groups excluding carboxylic acids is 1. The molecule has 0 fully saturated rings. The van der Waals surface area contributed by atoms with Gasteiger partial charge in [0.25, 0.3) is 5.91 Å². The minimum Gasteiger partial charge on any atom is -0.507 e. The summed E-state index contributed by atoms with van der Waals surface area (Å²) in [4.78, 5) is 14.6. The smallest absolute Gasteiger partial charge is 0.261 e. The third kappa shape index (κ3) is 4.07. The summed E-state index contributed by atoms with van der Waals surface area (Å²) in [6, 6.07) is 16.5. The van der Waals surface area contributed by atoms with Crippen LogP contribution in [0.15, 0.2) is 54.6 Å². The maximum atomic E-state index is 13.2. The van der Waals surface area contributed by atoms with Crippen LogP contribution in [0.4, 0.5) is 5.69 Å². The number of hydrogen-bond donors (Lipinski definition) is 2. The third-order valence-electron chi connectivity index (χ3n) is 5.27. The maximum Gasteiger partial charge on any atom is 0.261 e. The highest BCUT2D eigenvalue weighted by molar-refractivity contribution is 6.32. The molecule has 0 spiro atoms. The molecule has 3 aromatic carbocycles. The number of aromatic amines is 1. The Balaban J connectivity index is 1.70. The monoisotopic (exact) mass is 435 g/mol. The van der Waals surface area contributed by atoms with E-state index in [1.54, 1.807) is 31.3 Å². The fourth-order valence-corrected chi connectivity index (χ4v) is 3.78. The Bertz CT molecular complexity index is 1280. The van der Waals surface area contributed by atoms with E-state index in [9.17, 15) is 9.90 Å². The van der Waals surface area contributed by atoms with Crippen LogP contribution in [0, 0.1) is 6.92 Å². The van der Waals surface area contributed by atoms with Gasteiger partial charge >= 0.3 is 0 Å². The van der Waals surface area contributed by atoms with E-state index in [-0.39, 0.29) is 17.2 Å². The molecule has 6 nitrogen and oxygen atoms in total. The van der Waals surface area contributed by atoms with Crippen LogP contribution in [0.25, 0.3) is 10.9 Å². The minimum absolute atomic E-state index is 0.115. The molecule has 0 unspecified atom stereocenters. The number of methoxy groups -OCH3 is 1. The van der Waals surface area contributed by atoms with Gasteiger partial charge < -0.3 is 14.7 Å². The summed E-state index contributed by atoms with van der Waals surface area (Å²) in [5.74, 6) is -0.00344. The van der Waals surface area contributed by atoms with Gasteiger partial charge in [-0.05, 0) is 30.7 Å². The van der Waals surface area contributed by atoms with E-state index in [1.807, 2.05) is 25.1 Å². The number of aromatic hydroxyl groups is 1. The van der Waals surface area contributed by atoms with Crippen LogP contribution >= 0.6 is 11.6 Å². The molecule has 0 radical (unpaired) electrons. The number of benzene rings is 3. The highest BCUT2D eigenvalue weighted by Gasteiger charge is 2.21. The number of aromatic nitrogens is 2. The van der Waals surface area contributed by atoms with Gasteiger partial charge in [-0.3, -0.25) is 9.89 Å². The summed E-state index contributed by atoms with van der Waals surface area (Å²) in [6.45, 7) is 2.04. The van der Waals surface area contributed by atoms with Crippen LogP contribution in [0.2, 0.25) is 5.02 Å². The number of anilines is 1. The van der Waals surface area contributed by atoms with Crippen LogP contribution in [0.5, 0.6) is 11.5 Å². The number of phenolic OH excluding ortho intramolecular Hbond substituents is 1. The van der Waals surface area contributed by atoms with Crippen molar-refractivity contribution in [2.45, 2.75) is 13.3 Å². The summed E-state index contributed by atoms with van der Waals surface area (Å²) in [6.07, 6.45) is 0.615. The molecule has 0 aliphatic rings. The maximum absolute atomic E-state index is 13.2. The van der Waals surface area contributed by atoms with Crippen molar-refractivity contribution < 1.29 is 14.6 Å². The molecule has 7 heteroatoms. The Kier molecular flexibility index (Phi) is 5.57. The van der Waals surface area contributed by atoms with E-state index < -0.39 is 0 Å². The van der Waals surface area contributed by atoms with E-state index in [1.165, 1.54) is 23.6 Å². The number of amides is 1. The first-order valence-corrected chi connectivity index (χ1v) is 10.1. The van der Waals surface area contributed by atoms with Gasteiger partial charge in [-0.2, -0.15) is 5.10 Å². The van der Waals surface area contributed by atoms with Crippen molar-refractivity contribution in [2.75, 3.05) is 19.1 Å². The number of carbonyl (C=O) groups is 1. The number of aryl methyl sites for hydroxylation is 1. The molecule has 0 aliphatic carbocycles. The first-order chi connectivity index (χ1) is 14.9. The molecule has 1 aromatic heterocycles. The lowest BCUT2D eigenvalue weighted by molar-refractivity contribution is 0.0990. The van der Waals surface area contributed by atoms with Gasteiger partial charge in [0.15, 0.2) is 0 Å². The molecule has 0 aliphatic heterocycles. The highest BCUT2D eigenvalue weighted by atomic mass is 35.5. The molecule has 1 heterocycles. The second kappa shape index (κ2) is 8.32. The molecule has 1 amide bonds. The predicted octanol–water partition coefficient (Wildman–Crippen LogP) is 5.11. The van der Waals surface area contributed by atoms with Crippen molar-refractivity contribution in [3.05, 3.63) is 82.0 Å². The SMILES string of the molecule is COc1cc(N(C)C(=O)c2cc3c(Cc4cccc(C)c4)n[nH]c3cc2O)ccc1Cl. The second-order valence-corrected chi connectivity index (χ2v) is 7.84. The van der Waals surface area contributed by atoms with E-state index in [2.05, 4.69) is 16.3 Å². The standard InChI is InChI=1S/C24H22ClN3O3/c1-14-5-4-6-15(9-14)10-20-17-12-18(22(29)13-21(17)27-26-20)24(30)28(2)16-7-8-19(25)23(11-16)31-3/h4-9,11-13,29H,10H2,1-3H3,(H,26,27). The van der Waals surface area contributed by atoms with Gasteiger partial charge in [-0.25, -0.2) is 0 Å². The number of rotatable bonds is 5. The summed E-state index contributed by atoms with van der Waals surface area (Å²) in [5, 5.41) is 19.1. The molecule has 0 saturated heterocycles. The Morgan fingerprint density at radius 2 is 2.00 bits per heavy atom. The third-order valence-corrected chi connectivity index (χ3v) is 5.58. The quantitative estimate of drug-likeness (QED) is 0.456. The van der Waals surface area contributed by atoms with Gasteiger partial charge in [0.2, 0.25) is 0 Å². The molecule has 4 aromatic rings. The Labute approximate surface area is 185 Å². The van der Waals surface area contributed by atoms with Crippen molar-refractivity contribution in [3.8, 4) is 11.5 Å². The summed E-state index contributed by atoms with van der Waals surface area (Å²) < 4.78 is 5.24. The minimum atomic E-state index is -0.355. The van der Waals surface area contributed by atoms with Crippen LogP contribution < -0.4 is 9.64 Å². The number of halogens is 1.